The van der Waals surface area contributed by atoms with Gasteiger partial charge in [0, 0.05) is 17.5 Å². The van der Waals surface area contributed by atoms with Crippen LogP contribution in [0.5, 0.6) is 0 Å². The van der Waals surface area contributed by atoms with E-state index in [-0.39, 0.29) is 5.41 Å². The number of nitrogens with one attached hydrogen (secondary N) is 1. The van der Waals surface area contributed by atoms with Crippen molar-refractivity contribution in [3.63, 3.8) is 0 Å². The molecule has 1 heteroatoms. The van der Waals surface area contributed by atoms with Gasteiger partial charge in [-0.3, -0.25) is 0 Å². The molecule has 1 N–H and O–H groups in total. The molecule has 0 saturated heterocycles. The summed E-state index contributed by atoms with van der Waals surface area (Å²) in [7, 11) is 0. The first-order chi connectivity index (χ1) is 16.8. The van der Waals surface area contributed by atoms with Crippen LogP contribution < -0.4 is 5.32 Å². The lowest BCUT2D eigenvalue weighted by molar-refractivity contribution is 0.794. The first kappa shape index (κ1) is 21.5. The number of fused-ring (bicyclic) bond motifs is 10. The van der Waals surface area contributed by atoms with E-state index in [1.54, 1.807) is 18.2 Å². The fourth-order valence-corrected chi connectivity index (χ4v) is 5.47. The van der Waals surface area contributed by atoms with E-state index in [0.717, 1.165) is 5.69 Å². The predicted octanol–water partition coefficient (Wildman–Crippen LogP) is 8.50. The van der Waals surface area contributed by atoms with Crippen molar-refractivity contribution in [3.05, 3.63) is 163 Å². The lowest BCUT2D eigenvalue weighted by Gasteiger charge is -2.30. The van der Waals surface area contributed by atoms with Crippen molar-refractivity contribution in [1.82, 2.24) is 0 Å². The third kappa shape index (κ3) is 3.02. The lowest BCUT2D eigenvalue weighted by Crippen LogP contribution is -2.25. The van der Waals surface area contributed by atoms with Gasteiger partial charge in [0.2, 0.25) is 0 Å². The van der Waals surface area contributed by atoms with Crippen LogP contribution in [-0.2, 0) is 5.41 Å². The average Bonchev–Trinajstić information content (AvgIpc) is 3.37. The second-order valence-electron chi connectivity index (χ2n) is 8.33. The summed E-state index contributed by atoms with van der Waals surface area (Å²) >= 11 is 0. The highest BCUT2D eigenvalue weighted by Crippen LogP contribution is 2.63. The van der Waals surface area contributed by atoms with Crippen LogP contribution in [0.1, 0.15) is 22.3 Å². The van der Waals surface area contributed by atoms with Crippen molar-refractivity contribution >= 4 is 5.69 Å². The van der Waals surface area contributed by atoms with Crippen LogP contribution in [0.25, 0.3) is 22.3 Å². The highest BCUT2D eigenvalue weighted by molar-refractivity contribution is 5.98. The first-order valence-electron chi connectivity index (χ1n) is 11.5. The number of rotatable bonds is 4. The highest BCUT2D eigenvalue weighted by Gasteiger charge is 2.51. The molecule has 0 aromatic heterocycles. The molecule has 0 atom stereocenters. The van der Waals surface area contributed by atoms with E-state index in [4.69, 9.17) is 0 Å². The molecule has 2 aliphatic carbocycles. The van der Waals surface area contributed by atoms with Gasteiger partial charge in [-0.15, -0.1) is 0 Å². The second kappa shape index (κ2) is 8.88. The standard InChI is InChI=1S/C29H21N.C4H6/c1-2-3-19-30-27-18-10-17-26-28(27)22-13-6-9-16-25(22)29(26)23-14-7-4-11-20(23)21-12-5-8-15-24(21)29;1-3-4-2/h2-19,30H,1H2;3-4H,1-2H2/b19-3+;. The molecule has 34 heavy (non-hydrogen) atoms. The zero-order valence-corrected chi connectivity index (χ0v) is 19.2. The van der Waals surface area contributed by atoms with Crippen LogP contribution in [0.4, 0.5) is 5.69 Å². The normalized spacial score (nSPS) is 13.2. The van der Waals surface area contributed by atoms with Gasteiger partial charge < -0.3 is 5.32 Å². The molecule has 164 valence electrons. The molecule has 0 bridgehead atoms. The van der Waals surface area contributed by atoms with E-state index in [1.807, 2.05) is 12.3 Å². The maximum absolute atomic E-state index is 3.78. The number of hydrogen-bond acceptors (Lipinski definition) is 1. The van der Waals surface area contributed by atoms with Crippen molar-refractivity contribution in [2.75, 3.05) is 5.32 Å². The molecular weight excluding hydrogens is 410 g/mol. The monoisotopic (exact) mass is 437 g/mol. The summed E-state index contributed by atoms with van der Waals surface area (Å²) in [4.78, 5) is 0. The molecule has 1 spiro atoms. The van der Waals surface area contributed by atoms with E-state index < -0.39 is 0 Å². The van der Waals surface area contributed by atoms with E-state index in [9.17, 15) is 0 Å². The molecule has 0 saturated carbocycles. The summed E-state index contributed by atoms with van der Waals surface area (Å²) in [6.45, 7) is 10.5. The van der Waals surface area contributed by atoms with Gasteiger partial charge in [-0.05, 0) is 51.1 Å². The largest absolute Gasteiger partial charge is 0.361 e. The molecule has 0 radical (unpaired) electrons. The van der Waals surface area contributed by atoms with E-state index in [0.29, 0.717) is 0 Å². The summed E-state index contributed by atoms with van der Waals surface area (Å²) < 4.78 is 0. The fourth-order valence-electron chi connectivity index (χ4n) is 5.47. The van der Waals surface area contributed by atoms with Crippen molar-refractivity contribution in [3.8, 4) is 22.3 Å². The quantitative estimate of drug-likeness (QED) is 0.273. The third-order valence-electron chi connectivity index (χ3n) is 6.66. The molecule has 2 aliphatic rings. The molecule has 0 fully saturated rings. The first-order valence-corrected chi connectivity index (χ1v) is 11.5. The van der Waals surface area contributed by atoms with Crippen molar-refractivity contribution in [2.24, 2.45) is 0 Å². The Balaban J connectivity index is 0.000000560. The van der Waals surface area contributed by atoms with Gasteiger partial charge in [-0.25, -0.2) is 0 Å². The van der Waals surface area contributed by atoms with Crippen LogP contribution in [0, 0.1) is 0 Å². The topological polar surface area (TPSA) is 12.0 Å². The number of allylic oxidation sites excluding steroid dienone is 4. The Bertz CT molecular complexity index is 1390. The van der Waals surface area contributed by atoms with Gasteiger partial charge in [0.1, 0.15) is 0 Å². The summed E-state index contributed by atoms with van der Waals surface area (Å²) in [6, 6.07) is 33.3. The molecular formula is C33H27N. The maximum Gasteiger partial charge on any atom is 0.0726 e. The number of benzene rings is 4. The Kier molecular flexibility index (Phi) is 5.61. The Morgan fingerprint density at radius 1 is 0.529 bits per heavy atom. The molecule has 0 aliphatic heterocycles. The van der Waals surface area contributed by atoms with E-state index in [1.165, 1.54) is 44.5 Å². The van der Waals surface area contributed by atoms with Crippen LogP contribution in [0.15, 0.2) is 141 Å². The summed E-state index contributed by atoms with van der Waals surface area (Å²) in [6.07, 6.45) is 8.94. The van der Waals surface area contributed by atoms with Crippen LogP contribution in [-0.4, -0.2) is 0 Å². The smallest absolute Gasteiger partial charge is 0.0726 e. The zero-order valence-electron chi connectivity index (χ0n) is 19.2. The number of anilines is 1. The van der Waals surface area contributed by atoms with E-state index >= 15 is 0 Å². The van der Waals surface area contributed by atoms with Gasteiger partial charge in [0.15, 0.2) is 0 Å². The molecule has 0 amide bonds. The van der Waals surface area contributed by atoms with Gasteiger partial charge in [0.05, 0.1) is 5.41 Å². The maximum atomic E-state index is 3.78. The Labute approximate surface area is 202 Å². The fraction of sp³-hybridized carbons (Fsp3) is 0.0303. The van der Waals surface area contributed by atoms with Crippen LogP contribution in [0.3, 0.4) is 0 Å². The van der Waals surface area contributed by atoms with Crippen LogP contribution >= 0.6 is 0 Å². The van der Waals surface area contributed by atoms with Gasteiger partial charge >= 0.3 is 0 Å². The third-order valence-corrected chi connectivity index (χ3v) is 6.66. The minimum atomic E-state index is -0.279. The lowest BCUT2D eigenvalue weighted by atomic mass is 9.70. The van der Waals surface area contributed by atoms with Gasteiger partial charge in [-0.1, -0.05) is 123 Å². The number of hydrogen-bond donors (Lipinski definition) is 1. The minimum Gasteiger partial charge on any atom is -0.361 e. The van der Waals surface area contributed by atoms with E-state index in [2.05, 4.69) is 116 Å². The van der Waals surface area contributed by atoms with Crippen molar-refractivity contribution < 1.29 is 0 Å². The SMILES string of the molecule is C=C/C=C/Nc1cccc2c1-c1ccccc1C21c2ccccc2-c2ccccc21.C=CC=C. The Hall–Kier alpha value is -4.36. The van der Waals surface area contributed by atoms with Gasteiger partial charge in [0.25, 0.3) is 0 Å². The summed E-state index contributed by atoms with van der Waals surface area (Å²) in [5, 5.41) is 3.49. The highest BCUT2D eigenvalue weighted by atomic mass is 14.8. The Morgan fingerprint density at radius 3 is 1.59 bits per heavy atom. The minimum absolute atomic E-state index is 0.279. The summed E-state index contributed by atoms with van der Waals surface area (Å²) in [5.74, 6) is 0. The van der Waals surface area contributed by atoms with Crippen LogP contribution in [0.2, 0.25) is 0 Å². The molecule has 0 unspecified atom stereocenters. The van der Waals surface area contributed by atoms with Crippen molar-refractivity contribution in [2.45, 2.75) is 5.41 Å². The average molecular weight is 438 g/mol. The predicted molar refractivity (Wildman–Crippen MR) is 146 cm³/mol. The van der Waals surface area contributed by atoms with Crippen molar-refractivity contribution in [1.29, 1.82) is 0 Å². The molecule has 4 aromatic carbocycles. The molecule has 4 aromatic rings. The molecule has 6 rings (SSSR count). The molecule has 0 heterocycles. The van der Waals surface area contributed by atoms with Gasteiger partial charge in [-0.2, -0.15) is 0 Å². The second-order valence-corrected chi connectivity index (χ2v) is 8.33. The zero-order chi connectivity index (χ0) is 23.5. The Morgan fingerprint density at radius 2 is 1.03 bits per heavy atom. The molecule has 1 nitrogen and oxygen atoms in total. The summed E-state index contributed by atoms with van der Waals surface area (Å²) in [5.41, 5.74) is 11.5.